The fraction of sp³-hybridized carbons (Fsp3) is 0.200. The maximum atomic E-state index is 12.1. The van der Waals surface area contributed by atoms with E-state index in [9.17, 15) is 9.18 Å². The topological polar surface area (TPSA) is 34.9 Å². The van der Waals surface area contributed by atoms with Gasteiger partial charge in [0, 0.05) is 6.20 Å². The molecule has 1 unspecified atom stereocenters. The number of aromatic nitrogens is 2. The van der Waals surface area contributed by atoms with E-state index in [2.05, 4.69) is 11.7 Å². The van der Waals surface area contributed by atoms with E-state index < -0.39 is 5.24 Å². The Bertz CT molecular complexity index is 387. The molecule has 0 saturated heterocycles. The molecule has 0 bridgehead atoms. The molecule has 1 rings (SSSR count). The first kappa shape index (κ1) is 11.7. The first-order valence-corrected chi connectivity index (χ1v) is 4.68. The number of hydrogen-bond donors (Lipinski definition) is 0. The van der Waals surface area contributed by atoms with E-state index in [0.29, 0.717) is 12.8 Å². The molecular formula is C10H10ClFN2O. The second-order valence-corrected chi connectivity index (χ2v) is 3.24. The molecule has 0 radical (unpaired) electrons. The van der Waals surface area contributed by atoms with Gasteiger partial charge in [-0.25, -0.2) is 4.39 Å². The molecule has 1 atom stereocenters. The average Bonchev–Trinajstić information content (AvgIpc) is 2.66. The molecule has 0 saturated carbocycles. The Morgan fingerprint density at radius 3 is 3.00 bits per heavy atom. The summed E-state index contributed by atoms with van der Waals surface area (Å²) in [5, 5.41) is 3.34. The minimum Gasteiger partial charge on any atom is -0.275 e. The summed E-state index contributed by atoms with van der Waals surface area (Å²) in [6.07, 6.45) is 6.77. The molecule has 0 spiro atoms. The van der Waals surface area contributed by atoms with Crippen molar-refractivity contribution in [3.8, 4) is 0 Å². The summed E-state index contributed by atoms with van der Waals surface area (Å²) in [5.41, 5.74) is 0.290. The van der Waals surface area contributed by atoms with Gasteiger partial charge >= 0.3 is 0 Å². The summed E-state index contributed by atoms with van der Waals surface area (Å²) < 4.78 is 13.5. The van der Waals surface area contributed by atoms with E-state index in [1.165, 1.54) is 23.2 Å². The summed E-state index contributed by atoms with van der Waals surface area (Å²) in [6.45, 7) is 3.56. The monoisotopic (exact) mass is 228 g/mol. The van der Waals surface area contributed by atoms with Crippen LogP contribution < -0.4 is 0 Å². The van der Waals surface area contributed by atoms with E-state index in [0.717, 1.165) is 0 Å². The fourth-order valence-electron chi connectivity index (χ4n) is 1.15. The van der Waals surface area contributed by atoms with Gasteiger partial charge in [0.1, 0.15) is 0 Å². The maximum Gasteiger partial charge on any atom is 0.255 e. The molecular weight excluding hydrogens is 219 g/mol. The molecule has 15 heavy (non-hydrogen) atoms. The van der Waals surface area contributed by atoms with Gasteiger partial charge in [-0.15, -0.1) is 6.58 Å². The third-order valence-electron chi connectivity index (χ3n) is 1.87. The first-order chi connectivity index (χ1) is 7.19. The largest absolute Gasteiger partial charge is 0.275 e. The third kappa shape index (κ3) is 3.02. The molecule has 3 nitrogen and oxygen atoms in total. The number of carbonyl (C=O) groups excluding carboxylic acids is 1. The zero-order valence-corrected chi connectivity index (χ0v) is 8.69. The fourth-order valence-corrected chi connectivity index (χ4v) is 1.25. The summed E-state index contributed by atoms with van der Waals surface area (Å²) in [7, 11) is 0. The Morgan fingerprint density at radius 2 is 2.53 bits per heavy atom. The molecule has 0 aliphatic rings. The lowest BCUT2D eigenvalue weighted by Gasteiger charge is -2.09. The highest BCUT2D eigenvalue weighted by molar-refractivity contribution is 6.67. The van der Waals surface area contributed by atoms with Crippen LogP contribution in [0.15, 0.2) is 37.5 Å². The number of halogens is 2. The van der Waals surface area contributed by atoms with Gasteiger partial charge in [0.2, 0.25) is 0 Å². The predicted octanol–water partition coefficient (Wildman–Crippen LogP) is 2.86. The van der Waals surface area contributed by atoms with E-state index >= 15 is 0 Å². The van der Waals surface area contributed by atoms with Crippen LogP contribution in [0.4, 0.5) is 4.39 Å². The number of carbonyl (C=O) groups is 1. The Hall–Kier alpha value is -1.42. The van der Waals surface area contributed by atoms with E-state index in [4.69, 9.17) is 11.6 Å². The summed E-state index contributed by atoms with van der Waals surface area (Å²) in [6, 6.07) is -0.280. The summed E-state index contributed by atoms with van der Waals surface area (Å²) in [4.78, 5) is 10.8. The van der Waals surface area contributed by atoms with Crippen LogP contribution in [0.1, 0.15) is 22.8 Å². The normalized spacial score (nSPS) is 12.9. The Labute approximate surface area is 91.8 Å². The molecule has 0 aliphatic heterocycles. The van der Waals surface area contributed by atoms with Crippen LogP contribution in [0.5, 0.6) is 0 Å². The van der Waals surface area contributed by atoms with Crippen LogP contribution in [-0.4, -0.2) is 15.0 Å². The van der Waals surface area contributed by atoms with Crippen LogP contribution >= 0.6 is 11.6 Å². The van der Waals surface area contributed by atoms with Crippen molar-refractivity contribution in [3.05, 3.63) is 43.0 Å². The van der Waals surface area contributed by atoms with Gasteiger partial charge in [-0.2, -0.15) is 5.10 Å². The quantitative estimate of drug-likeness (QED) is 0.574. The maximum absolute atomic E-state index is 12.1. The molecule has 1 heterocycles. The van der Waals surface area contributed by atoms with E-state index in [1.807, 2.05) is 0 Å². The van der Waals surface area contributed by atoms with E-state index in [-0.39, 0.29) is 11.6 Å². The number of hydrogen-bond acceptors (Lipinski definition) is 2. The lowest BCUT2D eigenvalue weighted by molar-refractivity contribution is 0.108. The molecule has 5 heteroatoms. The minimum atomic E-state index is -0.581. The number of allylic oxidation sites excluding steroid dienone is 2. The van der Waals surface area contributed by atoms with Crippen molar-refractivity contribution in [1.29, 1.82) is 0 Å². The van der Waals surface area contributed by atoms with Crippen LogP contribution in [0.3, 0.4) is 0 Å². The van der Waals surface area contributed by atoms with Gasteiger partial charge in [0.05, 0.1) is 24.1 Å². The molecule has 80 valence electrons. The predicted molar refractivity (Wildman–Crippen MR) is 56.5 cm³/mol. The standard InChI is InChI=1S/C10H10ClFN2O/c1-2-3-9(4-5-12)14-7-8(6-13-14)10(11)15/h2,4-7,9H,1,3H2/b5-4+. The molecule has 0 N–H and O–H groups in total. The molecule has 0 aromatic carbocycles. The van der Waals surface area contributed by atoms with Crippen molar-refractivity contribution in [2.45, 2.75) is 12.5 Å². The smallest absolute Gasteiger partial charge is 0.255 e. The van der Waals surface area contributed by atoms with Crippen LogP contribution in [-0.2, 0) is 0 Å². The van der Waals surface area contributed by atoms with Crippen LogP contribution in [0, 0.1) is 0 Å². The zero-order valence-electron chi connectivity index (χ0n) is 7.94. The second-order valence-electron chi connectivity index (χ2n) is 2.89. The summed E-state index contributed by atoms with van der Waals surface area (Å²) in [5.74, 6) is 0. The average molecular weight is 229 g/mol. The third-order valence-corrected chi connectivity index (χ3v) is 2.09. The lowest BCUT2D eigenvalue weighted by atomic mass is 10.2. The van der Waals surface area contributed by atoms with Gasteiger partial charge in [-0.05, 0) is 24.1 Å². The highest BCUT2D eigenvalue weighted by Crippen LogP contribution is 2.14. The summed E-state index contributed by atoms with van der Waals surface area (Å²) >= 11 is 5.27. The molecule has 1 aromatic heterocycles. The van der Waals surface area contributed by atoms with Crippen molar-refractivity contribution in [1.82, 2.24) is 9.78 Å². The van der Waals surface area contributed by atoms with Crippen molar-refractivity contribution in [3.63, 3.8) is 0 Å². The van der Waals surface area contributed by atoms with Crippen molar-refractivity contribution < 1.29 is 9.18 Å². The SMILES string of the molecule is C=CCC(/C=C/F)n1cc(C(=O)Cl)cn1. The van der Waals surface area contributed by atoms with Gasteiger partial charge in [0.15, 0.2) is 0 Å². The van der Waals surface area contributed by atoms with E-state index in [1.54, 1.807) is 6.08 Å². The lowest BCUT2D eigenvalue weighted by Crippen LogP contribution is -2.05. The van der Waals surface area contributed by atoms with Crippen molar-refractivity contribution in [2.75, 3.05) is 0 Å². The van der Waals surface area contributed by atoms with Gasteiger partial charge < -0.3 is 0 Å². The Balaban J connectivity index is 2.90. The Morgan fingerprint density at radius 1 is 1.80 bits per heavy atom. The highest BCUT2D eigenvalue weighted by atomic mass is 35.5. The minimum absolute atomic E-state index is 0.280. The highest BCUT2D eigenvalue weighted by Gasteiger charge is 2.10. The second kappa shape index (κ2) is 5.46. The first-order valence-electron chi connectivity index (χ1n) is 4.30. The number of nitrogens with zero attached hydrogens (tertiary/aromatic N) is 2. The van der Waals surface area contributed by atoms with Crippen LogP contribution in [0.2, 0.25) is 0 Å². The Kier molecular flexibility index (Phi) is 4.24. The molecule has 1 aromatic rings. The zero-order chi connectivity index (χ0) is 11.3. The van der Waals surface area contributed by atoms with Gasteiger partial charge in [0.25, 0.3) is 5.24 Å². The van der Waals surface area contributed by atoms with Gasteiger partial charge in [-0.1, -0.05) is 6.08 Å². The molecule has 0 amide bonds. The van der Waals surface area contributed by atoms with Crippen molar-refractivity contribution >= 4 is 16.8 Å². The van der Waals surface area contributed by atoms with Crippen LogP contribution in [0.25, 0.3) is 0 Å². The molecule has 0 fully saturated rings. The van der Waals surface area contributed by atoms with Gasteiger partial charge in [-0.3, -0.25) is 9.48 Å². The number of rotatable bonds is 5. The van der Waals surface area contributed by atoms with Crippen molar-refractivity contribution in [2.24, 2.45) is 0 Å². The molecule has 0 aliphatic carbocycles.